The van der Waals surface area contributed by atoms with Gasteiger partial charge in [0.1, 0.15) is 0 Å². The molecule has 0 aromatic carbocycles. The van der Waals surface area contributed by atoms with Gasteiger partial charge in [-0.2, -0.15) is 23.5 Å². The van der Waals surface area contributed by atoms with Crippen molar-refractivity contribution in [1.82, 2.24) is 0 Å². The van der Waals surface area contributed by atoms with E-state index in [-0.39, 0.29) is 0 Å². The molecule has 1 nitrogen and oxygen atoms in total. The summed E-state index contributed by atoms with van der Waals surface area (Å²) in [6.07, 6.45) is 0. The van der Waals surface area contributed by atoms with E-state index in [1.165, 1.54) is 11.5 Å². The highest BCUT2D eigenvalue weighted by molar-refractivity contribution is 7.99. The molecular formula is C8H18OS2. The lowest BCUT2D eigenvalue weighted by molar-refractivity contribution is 0.167. The first-order valence-electron chi connectivity index (χ1n) is 4.15. The second-order valence-corrected chi connectivity index (χ2v) is 4.79. The van der Waals surface area contributed by atoms with Crippen LogP contribution in [-0.2, 0) is 4.74 Å². The molecule has 0 amide bonds. The molecule has 0 aliphatic carbocycles. The molecule has 0 atom stereocenters. The quantitative estimate of drug-likeness (QED) is 0.550. The Balaban J connectivity index is 2.69. The summed E-state index contributed by atoms with van der Waals surface area (Å²) in [5.41, 5.74) is 0. The van der Waals surface area contributed by atoms with Crippen LogP contribution in [0.25, 0.3) is 0 Å². The predicted molar refractivity (Wildman–Crippen MR) is 56.8 cm³/mol. The van der Waals surface area contributed by atoms with Gasteiger partial charge in [0.25, 0.3) is 0 Å². The zero-order chi connectivity index (χ0) is 8.36. The van der Waals surface area contributed by atoms with Crippen LogP contribution in [0.4, 0.5) is 0 Å². The number of hydrogen-bond acceptors (Lipinski definition) is 3. The molecule has 0 radical (unpaired) electrons. The zero-order valence-corrected chi connectivity index (χ0v) is 9.10. The predicted octanol–water partition coefficient (Wildman–Crippen LogP) is 2.51. The van der Waals surface area contributed by atoms with Crippen LogP contribution in [0.1, 0.15) is 13.8 Å². The second kappa shape index (κ2) is 10.7. The van der Waals surface area contributed by atoms with Gasteiger partial charge in [0.2, 0.25) is 0 Å². The first kappa shape index (κ1) is 11.7. The normalized spacial score (nSPS) is 10.4. The van der Waals surface area contributed by atoms with E-state index in [0.29, 0.717) is 0 Å². The molecular weight excluding hydrogens is 176 g/mol. The number of rotatable bonds is 8. The minimum absolute atomic E-state index is 0.919. The lowest BCUT2D eigenvalue weighted by Gasteiger charge is -2.01. The fraction of sp³-hybridized carbons (Fsp3) is 1.00. The van der Waals surface area contributed by atoms with Gasteiger partial charge in [0.05, 0.1) is 13.2 Å². The molecule has 0 rings (SSSR count). The lowest BCUT2D eigenvalue weighted by Crippen LogP contribution is -2.01. The van der Waals surface area contributed by atoms with Crippen molar-refractivity contribution in [3.05, 3.63) is 0 Å². The first-order valence-corrected chi connectivity index (χ1v) is 6.46. The highest BCUT2D eigenvalue weighted by Crippen LogP contribution is 1.99. The van der Waals surface area contributed by atoms with E-state index in [4.69, 9.17) is 4.74 Å². The Kier molecular flexibility index (Phi) is 11.3. The molecule has 0 heterocycles. The maximum absolute atomic E-state index is 5.40. The van der Waals surface area contributed by atoms with Gasteiger partial charge in [-0.1, -0.05) is 13.8 Å². The number of hydrogen-bond donors (Lipinski definition) is 0. The molecule has 0 unspecified atom stereocenters. The Hall–Kier alpha value is 0.660. The van der Waals surface area contributed by atoms with E-state index >= 15 is 0 Å². The summed E-state index contributed by atoms with van der Waals surface area (Å²) in [5.74, 6) is 4.70. The van der Waals surface area contributed by atoms with Gasteiger partial charge >= 0.3 is 0 Å². The Labute approximate surface area is 78.7 Å². The molecule has 0 spiro atoms. The summed E-state index contributed by atoms with van der Waals surface area (Å²) in [4.78, 5) is 0. The van der Waals surface area contributed by atoms with Crippen molar-refractivity contribution in [2.45, 2.75) is 13.8 Å². The van der Waals surface area contributed by atoms with Gasteiger partial charge in [-0.05, 0) is 11.5 Å². The molecule has 3 heteroatoms. The smallest absolute Gasteiger partial charge is 0.0557 e. The number of ether oxygens (including phenoxy) is 1. The van der Waals surface area contributed by atoms with Crippen molar-refractivity contribution in [2.75, 3.05) is 36.2 Å². The van der Waals surface area contributed by atoms with Crippen molar-refractivity contribution in [3.8, 4) is 0 Å². The minimum atomic E-state index is 0.919. The third-order valence-corrected chi connectivity index (χ3v) is 2.88. The van der Waals surface area contributed by atoms with Crippen LogP contribution in [0.2, 0.25) is 0 Å². The summed E-state index contributed by atoms with van der Waals surface area (Å²) in [6.45, 7) is 6.20. The topological polar surface area (TPSA) is 9.23 Å². The van der Waals surface area contributed by atoms with E-state index in [9.17, 15) is 0 Å². The SMILES string of the molecule is CCSCCOCCSCC. The van der Waals surface area contributed by atoms with Gasteiger partial charge < -0.3 is 4.74 Å². The summed E-state index contributed by atoms with van der Waals surface area (Å²) in [6, 6.07) is 0. The van der Waals surface area contributed by atoms with Crippen LogP contribution in [0.15, 0.2) is 0 Å². The molecule has 0 bridgehead atoms. The highest BCUT2D eigenvalue weighted by Gasteiger charge is 1.88. The van der Waals surface area contributed by atoms with Crippen molar-refractivity contribution in [2.24, 2.45) is 0 Å². The second-order valence-electron chi connectivity index (χ2n) is 2.01. The molecule has 0 saturated heterocycles. The van der Waals surface area contributed by atoms with Crippen LogP contribution < -0.4 is 0 Å². The van der Waals surface area contributed by atoms with E-state index in [1.54, 1.807) is 0 Å². The van der Waals surface area contributed by atoms with Crippen molar-refractivity contribution in [3.63, 3.8) is 0 Å². The molecule has 0 aromatic rings. The fourth-order valence-electron chi connectivity index (χ4n) is 0.626. The van der Waals surface area contributed by atoms with Crippen LogP contribution >= 0.6 is 23.5 Å². The summed E-state index contributed by atoms with van der Waals surface area (Å²) in [5, 5.41) is 0. The molecule has 0 aliphatic rings. The van der Waals surface area contributed by atoms with Crippen molar-refractivity contribution < 1.29 is 4.74 Å². The van der Waals surface area contributed by atoms with E-state index in [0.717, 1.165) is 24.7 Å². The van der Waals surface area contributed by atoms with Gasteiger partial charge in [0.15, 0.2) is 0 Å². The van der Waals surface area contributed by atoms with Crippen LogP contribution in [-0.4, -0.2) is 36.2 Å². The van der Waals surface area contributed by atoms with Gasteiger partial charge in [0, 0.05) is 11.5 Å². The average molecular weight is 194 g/mol. The summed E-state index contributed by atoms with van der Waals surface area (Å²) in [7, 11) is 0. The third-order valence-electron chi connectivity index (χ3n) is 1.15. The van der Waals surface area contributed by atoms with Crippen molar-refractivity contribution >= 4 is 23.5 Å². The number of thioether (sulfide) groups is 2. The molecule has 0 N–H and O–H groups in total. The van der Waals surface area contributed by atoms with E-state index in [1.807, 2.05) is 23.5 Å². The molecule has 68 valence electrons. The monoisotopic (exact) mass is 194 g/mol. The highest BCUT2D eigenvalue weighted by atomic mass is 32.2. The molecule has 0 saturated carbocycles. The van der Waals surface area contributed by atoms with Gasteiger partial charge in [-0.25, -0.2) is 0 Å². The minimum Gasteiger partial charge on any atom is -0.380 e. The first-order chi connectivity index (χ1) is 5.41. The van der Waals surface area contributed by atoms with E-state index < -0.39 is 0 Å². The molecule has 11 heavy (non-hydrogen) atoms. The Morgan fingerprint density at radius 1 is 0.909 bits per heavy atom. The standard InChI is InChI=1S/C8H18OS2/c1-3-10-7-5-9-6-8-11-4-2/h3-8H2,1-2H3. The van der Waals surface area contributed by atoms with E-state index in [2.05, 4.69) is 13.8 Å². The summed E-state index contributed by atoms with van der Waals surface area (Å²) >= 11 is 3.88. The molecule has 0 aliphatic heterocycles. The molecule has 0 aromatic heterocycles. The van der Waals surface area contributed by atoms with Crippen LogP contribution in [0.5, 0.6) is 0 Å². The zero-order valence-electron chi connectivity index (χ0n) is 7.47. The lowest BCUT2D eigenvalue weighted by atomic mass is 10.8. The fourth-order valence-corrected chi connectivity index (χ4v) is 1.68. The van der Waals surface area contributed by atoms with Gasteiger partial charge in [-0.3, -0.25) is 0 Å². The largest absolute Gasteiger partial charge is 0.380 e. The third kappa shape index (κ3) is 10.7. The average Bonchev–Trinajstić information content (AvgIpc) is 2.03. The van der Waals surface area contributed by atoms with Crippen LogP contribution in [0, 0.1) is 0 Å². The molecule has 0 fully saturated rings. The Morgan fingerprint density at radius 3 is 1.73 bits per heavy atom. The maximum atomic E-state index is 5.40. The Morgan fingerprint density at radius 2 is 1.36 bits per heavy atom. The van der Waals surface area contributed by atoms with Gasteiger partial charge in [-0.15, -0.1) is 0 Å². The van der Waals surface area contributed by atoms with Crippen LogP contribution in [0.3, 0.4) is 0 Å². The maximum Gasteiger partial charge on any atom is 0.0557 e. The summed E-state index contributed by atoms with van der Waals surface area (Å²) < 4.78 is 5.40. The Bertz CT molecular complexity index is 61.1. The van der Waals surface area contributed by atoms with Crippen molar-refractivity contribution in [1.29, 1.82) is 0 Å².